The topological polar surface area (TPSA) is 46.6 Å². The summed E-state index contributed by atoms with van der Waals surface area (Å²) in [7, 11) is -3.14. The first-order valence-corrected chi connectivity index (χ1v) is 8.34. The summed E-state index contributed by atoms with van der Waals surface area (Å²) in [6.07, 6.45) is 0. The molecule has 2 rings (SSSR count). The Morgan fingerprint density at radius 3 is 2.56 bits per heavy atom. The van der Waals surface area contributed by atoms with Crippen LogP contribution in [0.15, 0.2) is 27.6 Å². The van der Waals surface area contributed by atoms with Crippen LogP contribution in [0.3, 0.4) is 0 Å². The van der Waals surface area contributed by atoms with Gasteiger partial charge in [-0.05, 0) is 34.1 Å². The van der Waals surface area contributed by atoms with Gasteiger partial charge in [0, 0.05) is 17.6 Å². The van der Waals surface area contributed by atoms with Crippen LogP contribution in [0.2, 0.25) is 0 Å². The minimum Gasteiger partial charge on any atom is -0.378 e. The lowest BCUT2D eigenvalue weighted by atomic mass is 10.2. The predicted molar refractivity (Wildman–Crippen MR) is 74.9 cm³/mol. The molecule has 1 fully saturated rings. The molecule has 4 nitrogen and oxygen atoms in total. The summed E-state index contributed by atoms with van der Waals surface area (Å²) in [5.74, 6) is 0.121. The third kappa shape index (κ3) is 2.87. The molecular weight excluding hydrogens is 318 g/mol. The number of ether oxygens (including phenoxy) is 1. The van der Waals surface area contributed by atoms with E-state index in [1.54, 1.807) is 19.1 Å². The molecule has 0 atom stereocenters. The maximum Gasteiger partial charge on any atom is 0.178 e. The van der Waals surface area contributed by atoms with E-state index in [9.17, 15) is 8.42 Å². The highest BCUT2D eigenvalue weighted by molar-refractivity contribution is 9.10. The van der Waals surface area contributed by atoms with E-state index in [2.05, 4.69) is 20.8 Å². The zero-order valence-corrected chi connectivity index (χ0v) is 12.6. The Morgan fingerprint density at radius 1 is 1.33 bits per heavy atom. The molecular formula is C12H16BrNO3S. The van der Waals surface area contributed by atoms with Crippen LogP contribution in [-0.2, 0) is 14.6 Å². The molecule has 0 aromatic heterocycles. The second kappa shape index (κ2) is 5.59. The second-order valence-electron chi connectivity index (χ2n) is 4.12. The minimum absolute atomic E-state index is 0.121. The Balaban J connectivity index is 2.30. The van der Waals surface area contributed by atoms with E-state index in [1.807, 2.05) is 6.07 Å². The first-order chi connectivity index (χ1) is 8.54. The number of morpholine rings is 1. The maximum atomic E-state index is 11.8. The van der Waals surface area contributed by atoms with Crippen molar-refractivity contribution in [2.45, 2.75) is 11.8 Å². The smallest absolute Gasteiger partial charge is 0.178 e. The Kier molecular flexibility index (Phi) is 4.29. The molecule has 6 heteroatoms. The van der Waals surface area contributed by atoms with Gasteiger partial charge < -0.3 is 9.64 Å². The Labute approximate surface area is 116 Å². The molecule has 100 valence electrons. The highest BCUT2D eigenvalue weighted by Gasteiger charge is 2.17. The molecule has 0 unspecified atom stereocenters. The van der Waals surface area contributed by atoms with Crippen LogP contribution >= 0.6 is 15.9 Å². The normalized spacial score (nSPS) is 16.9. The van der Waals surface area contributed by atoms with E-state index in [4.69, 9.17) is 4.74 Å². The summed E-state index contributed by atoms with van der Waals surface area (Å²) >= 11 is 3.46. The van der Waals surface area contributed by atoms with Gasteiger partial charge in [0.25, 0.3) is 0 Å². The van der Waals surface area contributed by atoms with Crippen LogP contribution < -0.4 is 4.90 Å². The first-order valence-electron chi connectivity index (χ1n) is 5.89. The molecule has 1 heterocycles. The number of nitrogens with zero attached hydrogens (tertiary/aromatic N) is 1. The predicted octanol–water partition coefficient (Wildman–Crippen LogP) is 2.08. The lowest BCUT2D eigenvalue weighted by Gasteiger charge is -2.29. The zero-order valence-electron chi connectivity index (χ0n) is 10.2. The van der Waals surface area contributed by atoms with E-state index in [0.29, 0.717) is 18.1 Å². The molecule has 1 aromatic rings. The number of hydrogen-bond donors (Lipinski definition) is 0. The van der Waals surface area contributed by atoms with Crippen LogP contribution in [0.4, 0.5) is 5.69 Å². The van der Waals surface area contributed by atoms with Gasteiger partial charge in [-0.3, -0.25) is 0 Å². The summed E-state index contributed by atoms with van der Waals surface area (Å²) in [6.45, 7) is 4.74. The van der Waals surface area contributed by atoms with Gasteiger partial charge >= 0.3 is 0 Å². The van der Waals surface area contributed by atoms with Crippen molar-refractivity contribution < 1.29 is 13.2 Å². The lowest BCUT2D eigenvalue weighted by molar-refractivity contribution is 0.122. The van der Waals surface area contributed by atoms with Crippen molar-refractivity contribution in [3.8, 4) is 0 Å². The first kappa shape index (κ1) is 13.8. The van der Waals surface area contributed by atoms with Crippen molar-refractivity contribution in [2.24, 2.45) is 0 Å². The number of anilines is 1. The second-order valence-corrected chi connectivity index (χ2v) is 7.25. The fourth-order valence-corrected chi connectivity index (χ4v) is 3.60. The van der Waals surface area contributed by atoms with E-state index in [-0.39, 0.29) is 5.75 Å². The van der Waals surface area contributed by atoms with Gasteiger partial charge in [-0.15, -0.1) is 0 Å². The van der Waals surface area contributed by atoms with Crippen LogP contribution in [0.25, 0.3) is 0 Å². The van der Waals surface area contributed by atoms with Crippen molar-refractivity contribution in [1.29, 1.82) is 0 Å². The largest absolute Gasteiger partial charge is 0.378 e. The van der Waals surface area contributed by atoms with Crippen LogP contribution in [0, 0.1) is 0 Å². The number of hydrogen-bond acceptors (Lipinski definition) is 4. The van der Waals surface area contributed by atoms with Crippen LogP contribution in [0.5, 0.6) is 0 Å². The van der Waals surface area contributed by atoms with Gasteiger partial charge in [0.05, 0.1) is 29.5 Å². The van der Waals surface area contributed by atoms with E-state index < -0.39 is 9.84 Å². The minimum atomic E-state index is -3.14. The van der Waals surface area contributed by atoms with Crippen molar-refractivity contribution >= 4 is 31.5 Å². The molecule has 1 saturated heterocycles. The van der Waals surface area contributed by atoms with Crippen LogP contribution in [0.1, 0.15) is 6.92 Å². The third-order valence-corrected chi connectivity index (χ3v) is 5.38. The molecule has 0 N–H and O–H groups in total. The van der Waals surface area contributed by atoms with Crippen LogP contribution in [-0.4, -0.2) is 40.5 Å². The van der Waals surface area contributed by atoms with E-state index in [1.165, 1.54) is 0 Å². The molecule has 0 aliphatic carbocycles. The Morgan fingerprint density at radius 2 is 2.00 bits per heavy atom. The quantitative estimate of drug-likeness (QED) is 0.849. The van der Waals surface area contributed by atoms with Gasteiger partial charge in [0.1, 0.15) is 0 Å². The molecule has 0 bridgehead atoms. The summed E-state index contributed by atoms with van der Waals surface area (Å²) < 4.78 is 29.7. The van der Waals surface area contributed by atoms with Crippen molar-refractivity contribution in [2.75, 3.05) is 37.0 Å². The lowest BCUT2D eigenvalue weighted by Crippen LogP contribution is -2.36. The maximum absolute atomic E-state index is 11.8. The number of rotatable bonds is 3. The summed E-state index contributed by atoms with van der Waals surface area (Å²) in [4.78, 5) is 2.56. The van der Waals surface area contributed by atoms with Crippen molar-refractivity contribution in [3.05, 3.63) is 22.7 Å². The number of benzene rings is 1. The summed E-state index contributed by atoms with van der Waals surface area (Å²) in [5, 5.41) is 0. The van der Waals surface area contributed by atoms with Crippen molar-refractivity contribution in [3.63, 3.8) is 0 Å². The number of halogens is 1. The number of sulfone groups is 1. The Hall–Kier alpha value is -0.590. The average Bonchev–Trinajstić information content (AvgIpc) is 2.39. The average molecular weight is 334 g/mol. The highest BCUT2D eigenvalue weighted by atomic mass is 79.9. The SMILES string of the molecule is CCS(=O)(=O)c1ccc(N2CCOCC2)c(Br)c1. The third-order valence-electron chi connectivity index (χ3n) is 3.01. The fraction of sp³-hybridized carbons (Fsp3) is 0.500. The molecule has 0 spiro atoms. The molecule has 0 amide bonds. The van der Waals surface area contributed by atoms with Gasteiger partial charge in [-0.25, -0.2) is 8.42 Å². The summed E-state index contributed by atoms with van der Waals surface area (Å²) in [6, 6.07) is 5.22. The van der Waals surface area contributed by atoms with E-state index >= 15 is 0 Å². The monoisotopic (exact) mass is 333 g/mol. The molecule has 0 saturated carbocycles. The summed E-state index contributed by atoms with van der Waals surface area (Å²) in [5.41, 5.74) is 1.02. The fourth-order valence-electron chi connectivity index (χ4n) is 1.91. The van der Waals surface area contributed by atoms with Gasteiger partial charge in [-0.2, -0.15) is 0 Å². The highest BCUT2D eigenvalue weighted by Crippen LogP contribution is 2.29. The van der Waals surface area contributed by atoms with Gasteiger partial charge in [-0.1, -0.05) is 6.92 Å². The molecule has 18 heavy (non-hydrogen) atoms. The van der Waals surface area contributed by atoms with Crippen molar-refractivity contribution in [1.82, 2.24) is 0 Å². The van der Waals surface area contributed by atoms with Gasteiger partial charge in [0.2, 0.25) is 0 Å². The molecule has 0 radical (unpaired) electrons. The zero-order chi connectivity index (χ0) is 13.2. The van der Waals surface area contributed by atoms with Gasteiger partial charge in [0.15, 0.2) is 9.84 Å². The van der Waals surface area contributed by atoms with E-state index in [0.717, 1.165) is 23.2 Å². The Bertz CT molecular complexity index is 524. The molecule has 1 aliphatic rings. The molecule has 1 aliphatic heterocycles. The molecule has 1 aromatic carbocycles. The standard InChI is InChI=1S/C12H16BrNO3S/c1-2-18(15,16)10-3-4-12(11(13)9-10)14-5-7-17-8-6-14/h3-4,9H,2,5-8H2,1H3.